The number of fused-ring (bicyclic) bond motifs is 1. The number of nitrogens with one attached hydrogen (secondary N) is 1. The summed E-state index contributed by atoms with van der Waals surface area (Å²) in [7, 11) is 0. The molecule has 1 aromatic carbocycles. The summed E-state index contributed by atoms with van der Waals surface area (Å²) in [6.07, 6.45) is 3.31. The maximum Gasteiger partial charge on any atom is 0.217 e. The molecule has 1 aliphatic rings. The molecule has 0 radical (unpaired) electrons. The van der Waals surface area contributed by atoms with Gasteiger partial charge in [-0.1, -0.05) is 24.3 Å². The van der Waals surface area contributed by atoms with Crippen molar-refractivity contribution >= 4 is 5.91 Å². The van der Waals surface area contributed by atoms with Gasteiger partial charge in [-0.3, -0.25) is 4.79 Å². The average Bonchev–Trinajstić information content (AvgIpc) is 2.17. The first-order valence-corrected chi connectivity index (χ1v) is 5.49. The molecule has 1 aliphatic carbocycles. The summed E-state index contributed by atoms with van der Waals surface area (Å²) < 4.78 is 0. The van der Waals surface area contributed by atoms with E-state index in [9.17, 15) is 4.79 Å². The van der Waals surface area contributed by atoms with Crippen LogP contribution in [0.5, 0.6) is 0 Å². The number of amides is 1. The lowest BCUT2D eigenvalue weighted by Crippen LogP contribution is -2.44. The molecule has 0 spiro atoms. The highest BCUT2D eigenvalue weighted by atomic mass is 16.1. The Bertz CT molecular complexity index is 386. The van der Waals surface area contributed by atoms with Gasteiger partial charge in [-0.2, -0.15) is 0 Å². The minimum atomic E-state index is -0.166. The second-order valence-electron chi connectivity index (χ2n) is 4.52. The third-order valence-corrected chi connectivity index (χ3v) is 3.19. The largest absolute Gasteiger partial charge is 0.347 e. The highest BCUT2D eigenvalue weighted by molar-refractivity contribution is 5.74. The van der Waals surface area contributed by atoms with Gasteiger partial charge in [-0.15, -0.1) is 0 Å². The summed E-state index contributed by atoms with van der Waals surface area (Å²) in [6.45, 7) is 3.70. The second-order valence-corrected chi connectivity index (χ2v) is 4.52. The molecule has 0 heterocycles. The Kier molecular flexibility index (Phi) is 2.51. The summed E-state index contributed by atoms with van der Waals surface area (Å²) in [4.78, 5) is 11.2. The van der Waals surface area contributed by atoms with Crippen LogP contribution < -0.4 is 5.32 Å². The highest BCUT2D eigenvalue weighted by Crippen LogP contribution is 2.34. The number of rotatable bonds is 1. The molecule has 0 saturated carbocycles. The van der Waals surface area contributed by atoms with Crippen molar-refractivity contribution in [1.29, 1.82) is 0 Å². The Balaban J connectivity index is 2.40. The molecule has 1 aromatic rings. The van der Waals surface area contributed by atoms with Crippen LogP contribution in [0.1, 0.15) is 37.8 Å². The third kappa shape index (κ3) is 1.89. The Labute approximate surface area is 90.7 Å². The van der Waals surface area contributed by atoms with Crippen LogP contribution in [-0.4, -0.2) is 5.91 Å². The first-order valence-electron chi connectivity index (χ1n) is 5.49. The molecule has 0 bridgehead atoms. The van der Waals surface area contributed by atoms with Crippen LogP contribution in [0.15, 0.2) is 24.3 Å². The number of hydrogen-bond donors (Lipinski definition) is 1. The molecule has 1 amide bonds. The molecule has 0 aliphatic heterocycles. The van der Waals surface area contributed by atoms with Crippen LogP contribution in [0.25, 0.3) is 0 Å². The lowest BCUT2D eigenvalue weighted by Gasteiger charge is -2.36. The van der Waals surface area contributed by atoms with Gasteiger partial charge in [0.05, 0.1) is 5.54 Å². The minimum Gasteiger partial charge on any atom is -0.347 e. The van der Waals surface area contributed by atoms with E-state index in [2.05, 4.69) is 30.4 Å². The van der Waals surface area contributed by atoms with Crippen molar-refractivity contribution in [2.45, 2.75) is 38.6 Å². The normalized spacial score (nSPS) is 24.4. The van der Waals surface area contributed by atoms with E-state index in [0.29, 0.717) is 0 Å². The first kappa shape index (κ1) is 10.2. The van der Waals surface area contributed by atoms with Crippen LogP contribution in [0.4, 0.5) is 0 Å². The van der Waals surface area contributed by atoms with Gasteiger partial charge in [-0.25, -0.2) is 0 Å². The van der Waals surface area contributed by atoms with Gasteiger partial charge < -0.3 is 5.32 Å². The number of benzene rings is 1. The van der Waals surface area contributed by atoms with E-state index in [1.54, 1.807) is 6.92 Å². The highest BCUT2D eigenvalue weighted by Gasteiger charge is 2.31. The van der Waals surface area contributed by atoms with E-state index in [1.165, 1.54) is 11.1 Å². The average molecular weight is 203 g/mol. The van der Waals surface area contributed by atoms with Crippen LogP contribution in [0.3, 0.4) is 0 Å². The minimum absolute atomic E-state index is 0.0502. The van der Waals surface area contributed by atoms with Crippen molar-refractivity contribution in [2.75, 3.05) is 0 Å². The van der Waals surface area contributed by atoms with Gasteiger partial charge in [0.2, 0.25) is 5.91 Å². The van der Waals surface area contributed by atoms with E-state index in [1.807, 2.05) is 6.07 Å². The Morgan fingerprint density at radius 1 is 1.40 bits per heavy atom. The number of hydrogen-bond acceptors (Lipinski definition) is 1. The van der Waals surface area contributed by atoms with E-state index in [0.717, 1.165) is 19.3 Å². The van der Waals surface area contributed by atoms with Crippen LogP contribution >= 0.6 is 0 Å². The summed E-state index contributed by atoms with van der Waals surface area (Å²) in [5.41, 5.74) is 2.49. The van der Waals surface area contributed by atoms with Gasteiger partial charge in [0, 0.05) is 6.92 Å². The fourth-order valence-electron chi connectivity index (χ4n) is 2.56. The molecule has 80 valence electrons. The van der Waals surface area contributed by atoms with E-state index >= 15 is 0 Å². The van der Waals surface area contributed by atoms with Gasteiger partial charge in [0.15, 0.2) is 0 Å². The molecule has 2 rings (SSSR count). The number of aryl methyl sites for hydroxylation is 1. The topological polar surface area (TPSA) is 29.1 Å². The van der Waals surface area contributed by atoms with Crippen LogP contribution in [-0.2, 0) is 16.8 Å². The molecular weight excluding hydrogens is 186 g/mol. The van der Waals surface area contributed by atoms with Gasteiger partial charge in [-0.05, 0) is 37.3 Å². The van der Waals surface area contributed by atoms with Crippen molar-refractivity contribution in [2.24, 2.45) is 0 Å². The third-order valence-electron chi connectivity index (χ3n) is 3.19. The van der Waals surface area contributed by atoms with Crippen molar-refractivity contribution in [3.8, 4) is 0 Å². The number of carbonyl (C=O) groups is 1. The molecule has 1 unspecified atom stereocenters. The quantitative estimate of drug-likeness (QED) is 0.746. The number of carbonyl (C=O) groups excluding carboxylic acids is 1. The monoisotopic (exact) mass is 203 g/mol. The SMILES string of the molecule is CC(=O)NC1(C)CCCc2ccccc21. The van der Waals surface area contributed by atoms with Crippen LogP contribution in [0, 0.1) is 0 Å². The molecule has 2 heteroatoms. The second kappa shape index (κ2) is 3.69. The molecule has 1 N–H and O–H groups in total. The van der Waals surface area contributed by atoms with Gasteiger partial charge >= 0.3 is 0 Å². The van der Waals surface area contributed by atoms with E-state index < -0.39 is 0 Å². The van der Waals surface area contributed by atoms with Crippen molar-refractivity contribution in [3.05, 3.63) is 35.4 Å². The zero-order chi connectivity index (χ0) is 10.9. The van der Waals surface area contributed by atoms with Gasteiger partial charge in [0.25, 0.3) is 0 Å². The van der Waals surface area contributed by atoms with Gasteiger partial charge in [0.1, 0.15) is 0 Å². The Hall–Kier alpha value is -1.31. The fourth-order valence-corrected chi connectivity index (χ4v) is 2.56. The molecule has 0 fully saturated rings. The smallest absolute Gasteiger partial charge is 0.217 e. The fraction of sp³-hybridized carbons (Fsp3) is 0.462. The first-order chi connectivity index (χ1) is 7.12. The lowest BCUT2D eigenvalue weighted by molar-refractivity contribution is -0.121. The predicted molar refractivity (Wildman–Crippen MR) is 60.5 cm³/mol. The summed E-state index contributed by atoms with van der Waals surface area (Å²) in [5.74, 6) is 0.0502. The van der Waals surface area contributed by atoms with E-state index in [4.69, 9.17) is 0 Å². The maximum atomic E-state index is 11.2. The predicted octanol–water partition coefficient (Wildman–Crippen LogP) is 2.37. The van der Waals surface area contributed by atoms with Crippen LogP contribution in [0.2, 0.25) is 0 Å². The molecule has 0 aromatic heterocycles. The standard InChI is InChI=1S/C13H17NO/c1-10(15)14-13(2)9-5-7-11-6-3-4-8-12(11)13/h3-4,6,8H,5,7,9H2,1-2H3,(H,14,15). The van der Waals surface area contributed by atoms with Crippen molar-refractivity contribution in [1.82, 2.24) is 5.32 Å². The summed E-state index contributed by atoms with van der Waals surface area (Å²) in [5, 5.41) is 3.08. The summed E-state index contributed by atoms with van der Waals surface area (Å²) in [6, 6.07) is 8.40. The van der Waals surface area contributed by atoms with Crippen molar-refractivity contribution in [3.63, 3.8) is 0 Å². The summed E-state index contributed by atoms with van der Waals surface area (Å²) >= 11 is 0. The molecule has 1 atom stereocenters. The zero-order valence-corrected chi connectivity index (χ0v) is 9.34. The van der Waals surface area contributed by atoms with E-state index in [-0.39, 0.29) is 11.4 Å². The molecule has 15 heavy (non-hydrogen) atoms. The Morgan fingerprint density at radius 2 is 2.13 bits per heavy atom. The van der Waals surface area contributed by atoms with Crippen molar-refractivity contribution < 1.29 is 4.79 Å². The maximum absolute atomic E-state index is 11.2. The molecule has 2 nitrogen and oxygen atoms in total. The molecular formula is C13H17NO. The lowest BCUT2D eigenvalue weighted by atomic mass is 9.78. The Morgan fingerprint density at radius 3 is 2.87 bits per heavy atom. The zero-order valence-electron chi connectivity index (χ0n) is 9.34. The molecule has 0 saturated heterocycles.